The van der Waals surface area contributed by atoms with Crippen molar-refractivity contribution in [2.24, 2.45) is 0 Å². The number of hydrogen-bond acceptors (Lipinski definition) is 6. The molecule has 1 atom stereocenters. The summed E-state index contributed by atoms with van der Waals surface area (Å²) in [6.07, 6.45) is 9.44. The molecule has 4 N–H and O–H groups in total. The minimum Gasteiger partial charge on any atom is -0.507 e. The van der Waals surface area contributed by atoms with E-state index in [0.717, 1.165) is 12.5 Å². The van der Waals surface area contributed by atoms with Gasteiger partial charge >= 0.3 is 0 Å². The highest BCUT2D eigenvalue weighted by Gasteiger charge is 2.30. The van der Waals surface area contributed by atoms with Gasteiger partial charge in [-0.05, 0) is 70.0 Å². The SMILES string of the molecule is CC(C)=CCC[C@]1(C)C=Cc2c(cc(O)c(C(=O)/C=C/c3c(O)cccc3O)c2O)O1. The second-order valence-corrected chi connectivity index (χ2v) is 8.01. The van der Waals surface area contributed by atoms with Crippen LogP contribution < -0.4 is 4.74 Å². The summed E-state index contributed by atoms with van der Waals surface area (Å²) in [6, 6.07) is 5.52. The Morgan fingerprint density at radius 1 is 1.10 bits per heavy atom. The van der Waals surface area contributed by atoms with Gasteiger partial charge in [-0.2, -0.15) is 0 Å². The number of aromatic hydroxyl groups is 4. The van der Waals surface area contributed by atoms with E-state index in [1.165, 1.54) is 35.9 Å². The maximum atomic E-state index is 12.7. The molecule has 2 aromatic rings. The standard InChI is InChI=1S/C25H26O6/c1-15(2)6-5-12-25(3)13-11-17-22(31-25)14-21(29)23(24(17)30)20(28)10-9-16-18(26)7-4-8-19(16)27/h4,6-11,13-14,26-27,29-30H,5,12H2,1-3H3/b10-9+/t25-/m1/s1. The monoisotopic (exact) mass is 422 g/mol. The average molecular weight is 422 g/mol. The molecule has 0 aliphatic carbocycles. The molecule has 0 radical (unpaired) electrons. The fourth-order valence-corrected chi connectivity index (χ4v) is 3.42. The molecule has 1 aliphatic rings. The molecule has 0 saturated heterocycles. The Hall–Kier alpha value is -3.67. The number of rotatable bonds is 6. The molecule has 0 fully saturated rings. The van der Waals surface area contributed by atoms with Crippen molar-refractivity contribution in [1.29, 1.82) is 0 Å². The Morgan fingerprint density at radius 3 is 2.42 bits per heavy atom. The fraction of sp³-hybridized carbons (Fsp3) is 0.240. The first-order valence-electron chi connectivity index (χ1n) is 9.95. The number of fused-ring (bicyclic) bond motifs is 1. The molecule has 2 aromatic carbocycles. The van der Waals surface area contributed by atoms with Crippen molar-refractivity contribution < 1.29 is 30.0 Å². The number of benzene rings is 2. The molecule has 0 bridgehead atoms. The van der Waals surface area contributed by atoms with Gasteiger partial charge in [0.2, 0.25) is 0 Å². The Kier molecular flexibility index (Phi) is 6.11. The van der Waals surface area contributed by atoms with Gasteiger partial charge in [-0.3, -0.25) is 4.79 Å². The van der Waals surface area contributed by atoms with Crippen molar-refractivity contribution in [2.75, 3.05) is 0 Å². The molecule has 0 spiro atoms. The highest BCUT2D eigenvalue weighted by atomic mass is 16.5. The van der Waals surface area contributed by atoms with Crippen LogP contribution in [0, 0.1) is 0 Å². The van der Waals surface area contributed by atoms with E-state index < -0.39 is 22.9 Å². The lowest BCUT2D eigenvalue weighted by molar-refractivity contribution is 0.104. The fourth-order valence-electron chi connectivity index (χ4n) is 3.42. The van der Waals surface area contributed by atoms with E-state index in [1.54, 1.807) is 6.08 Å². The second-order valence-electron chi connectivity index (χ2n) is 8.01. The van der Waals surface area contributed by atoms with Gasteiger partial charge in [0.05, 0.1) is 11.1 Å². The van der Waals surface area contributed by atoms with Crippen molar-refractivity contribution in [2.45, 2.75) is 39.2 Å². The summed E-state index contributed by atoms with van der Waals surface area (Å²) < 4.78 is 6.03. The summed E-state index contributed by atoms with van der Waals surface area (Å²) in [5.41, 5.74) is 0.688. The number of allylic oxidation sites excluding steroid dienone is 3. The zero-order valence-electron chi connectivity index (χ0n) is 17.7. The topological polar surface area (TPSA) is 107 Å². The number of phenolic OH excluding ortho intramolecular Hbond substituents is 4. The van der Waals surface area contributed by atoms with Crippen molar-refractivity contribution in [3.63, 3.8) is 0 Å². The number of carbonyl (C=O) groups excluding carboxylic acids is 1. The van der Waals surface area contributed by atoms with Gasteiger partial charge in [0.25, 0.3) is 0 Å². The van der Waals surface area contributed by atoms with Crippen LogP contribution in [0.4, 0.5) is 0 Å². The van der Waals surface area contributed by atoms with Crippen molar-refractivity contribution >= 4 is 17.9 Å². The largest absolute Gasteiger partial charge is 0.507 e. The van der Waals surface area contributed by atoms with E-state index >= 15 is 0 Å². The minimum atomic E-state index is -0.689. The Morgan fingerprint density at radius 2 is 1.77 bits per heavy atom. The van der Waals surface area contributed by atoms with E-state index in [-0.39, 0.29) is 28.4 Å². The van der Waals surface area contributed by atoms with Gasteiger partial charge in [-0.25, -0.2) is 0 Å². The van der Waals surface area contributed by atoms with Gasteiger partial charge in [0.1, 0.15) is 39.9 Å². The summed E-state index contributed by atoms with van der Waals surface area (Å²) in [4.78, 5) is 12.7. The first kappa shape index (κ1) is 22.0. The van der Waals surface area contributed by atoms with Crippen LogP contribution in [0.25, 0.3) is 12.2 Å². The van der Waals surface area contributed by atoms with E-state index in [2.05, 4.69) is 6.08 Å². The van der Waals surface area contributed by atoms with Gasteiger partial charge in [-0.15, -0.1) is 0 Å². The van der Waals surface area contributed by atoms with Crippen molar-refractivity contribution in [3.8, 4) is 28.7 Å². The maximum Gasteiger partial charge on any atom is 0.193 e. The summed E-state index contributed by atoms with van der Waals surface area (Å²) in [7, 11) is 0. The van der Waals surface area contributed by atoms with E-state index in [9.17, 15) is 25.2 Å². The van der Waals surface area contributed by atoms with Crippen LogP contribution >= 0.6 is 0 Å². The third-order valence-electron chi connectivity index (χ3n) is 5.13. The van der Waals surface area contributed by atoms with Gasteiger partial charge in [-0.1, -0.05) is 17.7 Å². The average Bonchev–Trinajstić information content (AvgIpc) is 2.66. The van der Waals surface area contributed by atoms with Crippen LogP contribution in [-0.4, -0.2) is 31.8 Å². The molecule has 0 unspecified atom stereocenters. The quantitative estimate of drug-likeness (QED) is 0.285. The lowest BCUT2D eigenvalue weighted by Crippen LogP contribution is -2.31. The second kappa shape index (κ2) is 8.60. The van der Waals surface area contributed by atoms with E-state index in [0.29, 0.717) is 12.0 Å². The van der Waals surface area contributed by atoms with Gasteiger partial charge < -0.3 is 25.2 Å². The molecule has 1 aliphatic heterocycles. The van der Waals surface area contributed by atoms with Crippen LogP contribution in [-0.2, 0) is 0 Å². The van der Waals surface area contributed by atoms with Crippen LogP contribution in [0.15, 0.2) is 48.1 Å². The lowest BCUT2D eigenvalue weighted by atomic mass is 9.92. The zero-order valence-corrected chi connectivity index (χ0v) is 17.7. The maximum absolute atomic E-state index is 12.7. The molecule has 162 valence electrons. The number of phenols is 4. The van der Waals surface area contributed by atoms with Crippen LogP contribution in [0.2, 0.25) is 0 Å². The number of ether oxygens (including phenoxy) is 1. The number of hydrogen-bond donors (Lipinski definition) is 4. The van der Waals surface area contributed by atoms with Crippen molar-refractivity contribution in [3.05, 3.63) is 64.8 Å². The highest BCUT2D eigenvalue weighted by Crippen LogP contribution is 2.44. The van der Waals surface area contributed by atoms with Crippen LogP contribution in [0.3, 0.4) is 0 Å². The van der Waals surface area contributed by atoms with E-state index in [4.69, 9.17) is 4.74 Å². The first-order chi connectivity index (χ1) is 14.6. The van der Waals surface area contributed by atoms with Crippen LogP contribution in [0.1, 0.15) is 55.1 Å². The number of carbonyl (C=O) groups is 1. The Balaban J connectivity index is 1.89. The molecule has 0 saturated carbocycles. The smallest absolute Gasteiger partial charge is 0.193 e. The summed E-state index contributed by atoms with van der Waals surface area (Å²) in [5, 5.41) is 40.7. The predicted molar refractivity (Wildman–Crippen MR) is 120 cm³/mol. The molecular weight excluding hydrogens is 396 g/mol. The predicted octanol–water partition coefficient (Wildman–Crippen LogP) is 5.32. The minimum absolute atomic E-state index is 0.0585. The molecule has 0 amide bonds. The zero-order chi connectivity index (χ0) is 22.8. The van der Waals surface area contributed by atoms with Gasteiger partial charge in [0, 0.05) is 6.07 Å². The van der Waals surface area contributed by atoms with Gasteiger partial charge in [0.15, 0.2) is 5.78 Å². The Labute approximate surface area is 181 Å². The molecule has 6 heteroatoms. The molecule has 3 rings (SSSR count). The summed E-state index contributed by atoms with van der Waals surface area (Å²) in [6.45, 7) is 5.97. The van der Waals surface area contributed by atoms with E-state index in [1.807, 2.05) is 26.8 Å². The Bertz CT molecular complexity index is 1090. The summed E-state index contributed by atoms with van der Waals surface area (Å²) in [5.74, 6) is -1.62. The third-order valence-corrected chi connectivity index (χ3v) is 5.13. The van der Waals surface area contributed by atoms with Crippen LogP contribution in [0.5, 0.6) is 28.7 Å². The molecule has 1 heterocycles. The number of ketones is 1. The normalized spacial score (nSPS) is 17.3. The first-order valence-corrected chi connectivity index (χ1v) is 9.95. The van der Waals surface area contributed by atoms with Crippen molar-refractivity contribution in [1.82, 2.24) is 0 Å². The summed E-state index contributed by atoms with van der Waals surface area (Å²) >= 11 is 0. The molecular formula is C25H26O6. The molecule has 0 aromatic heterocycles. The third kappa shape index (κ3) is 4.74. The lowest BCUT2D eigenvalue weighted by Gasteiger charge is -2.32. The molecule has 31 heavy (non-hydrogen) atoms. The highest BCUT2D eigenvalue weighted by molar-refractivity contribution is 6.11. The molecule has 6 nitrogen and oxygen atoms in total.